The van der Waals surface area contributed by atoms with E-state index in [1.165, 1.54) is 6.92 Å². The first-order valence-electron chi connectivity index (χ1n) is 2.25. The predicted molar refractivity (Wildman–Crippen MR) is 27.8 cm³/mol. The summed E-state index contributed by atoms with van der Waals surface area (Å²) in [6, 6.07) is 0. The lowest BCUT2D eigenvalue weighted by Gasteiger charge is -2.00. The first-order chi connectivity index (χ1) is 3.95. The molecule has 56 valence electrons. The predicted octanol–water partition coefficient (Wildman–Crippen LogP) is 0.511. The summed E-state index contributed by atoms with van der Waals surface area (Å²) in [6.45, 7) is 1.38. The summed E-state index contributed by atoms with van der Waals surface area (Å²) in [6.07, 6.45) is -2.06. The van der Waals surface area contributed by atoms with Crippen molar-refractivity contribution in [3.05, 3.63) is 0 Å². The van der Waals surface area contributed by atoms with E-state index in [0.717, 1.165) is 0 Å². The summed E-state index contributed by atoms with van der Waals surface area (Å²) in [4.78, 5) is 0. The largest absolute Gasteiger partial charge is 0.400 e. The fraction of sp³-hybridized carbons (Fsp3) is 1.00. The maximum absolute atomic E-state index is 11.9. The highest BCUT2D eigenvalue weighted by atomic mass is 32.3. The second-order valence-electron chi connectivity index (χ2n) is 1.34. The quantitative estimate of drug-likeness (QED) is 0.608. The summed E-state index contributed by atoms with van der Waals surface area (Å²) in [5.41, 5.74) is 0. The molecule has 0 radical (unpaired) electrons. The average Bonchev–Trinajstić information content (AvgIpc) is 1.62. The molecule has 1 unspecified atom stereocenters. The standard InChI is InChI=1S/C3H7FO4S/c1-2-3(4)8-9(5,6)7/h3H,2H2,1H3,(H,5,6,7). The smallest absolute Gasteiger partial charge is 0.263 e. The van der Waals surface area contributed by atoms with Crippen LogP contribution < -0.4 is 0 Å². The summed E-state index contributed by atoms with van der Waals surface area (Å²) in [5, 5.41) is 0. The van der Waals surface area contributed by atoms with E-state index in [1.54, 1.807) is 0 Å². The number of hydrogen-bond acceptors (Lipinski definition) is 3. The van der Waals surface area contributed by atoms with Crippen LogP contribution in [0.1, 0.15) is 13.3 Å². The van der Waals surface area contributed by atoms with Crippen LogP contribution in [-0.4, -0.2) is 19.3 Å². The number of halogens is 1. The molecule has 0 saturated carbocycles. The minimum Gasteiger partial charge on any atom is -0.263 e. The van der Waals surface area contributed by atoms with Crippen molar-refractivity contribution in [1.82, 2.24) is 0 Å². The molecule has 0 heterocycles. The highest BCUT2D eigenvalue weighted by molar-refractivity contribution is 7.80. The van der Waals surface area contributed by atoms with E-state index >= 15 is 0 Å². The molecule has 0 aromatic carbocycles. The van der Waals surface area contributed by atoms with Crippen molar-refractivity contribution in [1.29, 1.82) is 0 Å². The molecule has 9 heavy (non-hydrogen) atoms. The van der Waals surface area contributed by atoms with Crippen LogP contribution in [0.5, 0.6) is 0 Å². The van der Waals surface area contributed by atoms with E-state index in [1.807, 2.05) is 0 Å². The van der Waals surface area contributed by atoms with Crippen molar-refractivity contribution in [2.45, 2.75) is 19.7 Å². The Labute approximate surface area is 52.6 Å². The third-order valence-electron chi connectivity index (χ3n) is 0.547. The number of alkyl halides is 1. The van der Waals surface area contributed by atoms with E-state index in [2.05, 4.69) is 4.18 Å². The van der Waals surface area contributed by atoms with Gasteiger partial charge < -0.3 is 0 Å². The van der Waals surface area contributed by atoms with Gasteiger partial charge in [0.25, 0.3) is 0 Å². The van der Waals surface area contributed by atoms with Crippen LogP contribution in [0, 0.1) is 0 Å². The Hall–Kier alpha value is -0.200. The molecule has 0 saturated heterocycles. The first kappa shape index (κ1) is 8.80. The van der Waals surface area contributed by atoms with Gasteiger partial charge >= 0.3 is 10.4 Å². The lowest BCUT2D eigenvalue weighted by atomic mass is 10.5. The van der Waals surface area contributed by atoms with Gasteiger partial charge in [-0.3, -0.25) is 4.55 Å². The summed E-state index contributed by atoms with van der Waals surface area (Å²) in [5.74, 6) is 0. The lowest BCUT2D eigenvalue weighted by Crippen LogP contribution is -2.11. The molecule has 0 spiro atoms. The van der Waals surface area contributed by atoms with Crippen molar-refractivity contribution >= 4 is 10.4 Å². The van der Waals surface area contributed by atoms with Gasteiger partial charge in [-0.2, -0.15) is 8.42 Å². The molecule has 0 aliphatic carbocycles. The molecule has 4 nitrogen and oxygen atoms in total. The van der Waals surface area contributed by atoms with E-state index < -0.39 is 16.8 Å². The lowest BCUT2D eigenvalue weighted by molar-refractivity contribution is 0.0585. The van der Waals surface area contributed by atoms with Gasteiger partial charge in [-0.1, -0.05) is 6.92 Å². The second kappa shape index (κ2) is 3.09. The monoisotopic (exact) mass is 158 g/mol. The van der Waals surface area contributed by atoms with Gasteiger partial charge in [0.05, 0.1) is 0 Å². The van der Waals surface area contributed by atoms with Gasteiger partial charge in [0, 0.05) is 6.42 Å². The molecule has 0 fully saturated rings. The topological polar surface area (TPSA) is 63.6 Å². The highest BCUT2D eigenvalue weighted by Gasteiger charge is 2.12. The van der Waals surface area contributed by atoms with E-state index in [4.69, 9.17) is 4.55 Å². The van der Waals surface area contributed by atoms with Crippen LogP contribution in [-0.2, 0) is 14.6 Å². The molecule has 1 atom stereocenters. The molecular formula is C3H7FO4S. The summed E-state index contributed by atoms with van der Waals surface area (Å²) >= 11 is 0. The molecule has 6 heteroatoms. The Balaban J connectivity index is 3.75. The zero-order valence-corrected chi connectivity index (χ0v) is 5.56. The van der Waals surface area contributed by atoms with E-state index in [-0.39, 0.29) is 6.42 Å². The number of hydrogen-bond donors (Lipinski definition) is 1. The third kappa shape index (κ3) is 5.67. The van der Waals surface area contributed by atoms with Crippen molar-refractivity contribution < 1.29 is 21.5 Å². The molecule has 0 amide bonds. The van der Waals surface area contributed by atoms with Crippen molar-refractivity contribution in [2.75, 3.05) is 0 Å². The Bertz CT molecular complexity index is 163. The van der Waals surface area contributed by atoms with Gasteiger partial charge in [-0.15, -0.1) is 0 Å². The molecule has 0 aliphatic rings. The summed E-state index contributed by atoms with van der Waals surface area (Å²) < 4.78 is 42.5. The Morgan fingerprint density at radius 3 is 2.33 bits per heavy atom. The Morgan fingerprint density at radius 2 is 2.22 bits per heavy atom. The van der Waals surface area contributed by atoms with E-state index in [0.29, 0.717) is 0 Å². The van der Waals surface area contributed by atoms with Crippen LogP contribution in [0.3, 0.4) is 0 Å². The molecular weight excluding hydrogens is 151 g/mol. The molecule has 0 rings (SSSR count). The van der Waals surface area contributed by atoms with Crippen molar-refractivity contribution in [3.8, 4) is 0 Å². The molecule has 0 aromatic rings. The van der Waals surface area contributed by atoms with Crippen LogP contribution in [0.4, 0.5) is 4.39 Å². The zero-order valence-electron chi connectivity index (χ0n) is 4.74. The van der Waals surface area contributed by atoms with Gasteiger partial charge in [-0.25, -0.2) is 8.57 Å². The van der Waals surface area contributed by atoms with Gasteiger partial charge in [-0.05, 0) is 0 Å². The maximum atomic E-state index is 11.9. The SMILES string of the molecule is CCC(F)OS(=O)(=O)O. The Kier molecular flexibility index (Phi) is 3.02. The molecule has 0 aliphatic heterocycles. The van der Waals surface area contributed by atoms with Gasteiger partial charge in [0.15, 0.2) is 0 Å². The van der Waals surface area contributed by atoms with Crippen LogP contribution in [0.15, 0.2) is 0 Å². The third-order valence-corrected chi connectivity index (χ3v) is 0.999. The van der Waals surface area contributed by atoms with Crippen molar-refractivity contribution in [3.63, 3.8) is 0 Å². The van der Waals surface area contributed by atoms with Crippen LogP contribution in [0.2, 0.25) is 0 Å². The summed E-state index contributed by atoms with van der Waals surface area (Å²) in [7, 11) is -4.61. The van der Waals surface area contributed by atoms with Gasteiger partial charge in [0.2, 0.25) is 6.36 Å². The second-order valence-corrected chi connectivity index (χ2v) is 2.39. The average molecular weight is 158 g/mol. The maximum Gasteiger partial charge on any atom is 0.400 e. The number of rotatable bonds is 3. The molecule has 0 bridgehead atoms. The van der Waals surface area contributed by atoms with Crippen molar-refractivity contribution in [2.24, 2.45) is 0 Å². The minimum absolute atomic E-state index is 0.111. The fourth-order valence-corrected chi connectivity index (χ4v) is 0.600. The van der Waals surface area contributed by atoms with E-state index in [9.17, 15) is 12.8 Å². The first-order valence-corrected chi connectivity index (χ1v) is 3.62. The molecule has 1 N–H and O–H groups in total. The Morgan fingerprint density at radius 1 is 1.78 bits per heavy atom. The normalized spacial score (nSPS) is 15.4. The molecule has 0 aromatic heterocycles. The van der Waals surface area contributed by atoms with Crippen LogP contribution >= 0.6 is 0 Å². The van der Waals surface area contributed by atoms with Crippen LogP contribution in [0.25, 0.3) is 0 Å². The zero-order chi connectivity index (χ0) is 7.49. The minimum atomic E-state index is -4.61. The van der Waals surface area contributed by atoms with Gasteiger partial charge in [0.1, 0.15) is 0 Å². The fourth-order valence-electron chi connectivity index (χ4n) is 0.200. The highest BCUT2D eigenvalue weighted by Crippen LogP contribution is 2.01.